The van der Waals surface area contributed by atoms with Gasteiger partial charge in [-0.3, -0.25) is 9.89 Å². The fourth-order valence-electron chi connectivity index (χ4n) is 3.73. The average Bonchev–Trinajstić information content (AvgIpc) is 3.37. The van der Waals surface area contributed by atoms with Gasteiger partial charge in [-0.1, -0.05) is 24.3 Å². The molecule has 1 N–H and O–H groups in total. The summed E-state index contributed by atoms with van der Waals surface area (Å²) < 4.78 is 26.4. The van der Waals surface area contributed by atoms with Crippen LogP contribution in [0.5, 0.6) is 0 Å². The first-order valence-electron chi connectivity index (χ1n) is 9.82. The minimum Gasteiger partial charge on any atom is -0.345 e. The summed E-state index contributed by atoms with van der Waals surface area (Å²) in [7, 11) is 1.83. The number of nitrogens with one attached hydrogen (secondary N) is 1. The van der Waals surface area contributed by atoms with E-state index in [1.165, 1.54) is 24.3 Å². The number of H-pyrrole nitrogens is 1. The van der Waals surface area contributed by atoms with Crippen LogP contribution in [-0.4, -0.2) is 34.6 Å². The van der Waals surface area contributed by atoms with Gasteiger partial charge in [-0.05, 0) is 61.1 Å². The second-order valence-electron chi connectivity index (χ2n) is 7.65. The monoisotopic (exact) mass is 395 g/mol. The molecule has 2 aromatic carbocycles. The van der Waals surface area contributed by atoms with Gasteiger partial charge in [0.15, 0.2) is 0 Å². The molecule has 1 aliphatic rings. The molecule has 1 fully saturated rings. The number of carbonyl (C=O) groups excluding carboxylic acids is 1. The predicted octanol–water partition coefficient (Wildman–Crippen LogP) is 4.55. The normalized spacial score (nSPS) is 17.9. The molecule has 4 nitrogen and oxygen atoms in total. The summed E-state index contributed by atoms with van der Waals surface area (Å²) in [5, 5.41) is 7.24. The van der Waals surface area contributed by atoms with Crippen LogP contribution in [0.1, 0.15) is 30.0 Å². The van der Waals surface area contributed by atoms with Gasteiger partial charge in [-0.25, -0.2) is 8.78 Å². The maximum Gasteiger partial charge on any atom is 0.226 e. The summed E-state index contributed by atoms with van der Waals surface area (Å²) in [6, 6.07) is 14.7. The van der Waals surface area contributed by atoms with Gasteiger partial charge in [0, 0.05) is 30.8 Å². The van der Waals surface area contributed by atoms with Crippen LogP contribution in [0.15, 0.2) is 54.6 Å². The first kappa shape index (κ1) is 19.3. The predicted molar refractivity (Wildman–Crippen MR) is 107 cm³/mol. The number of hydrogen-bond donors (Lipinski definition) is 1. The van der Waals surface area contributed by atoms with E-state index in [2.05, 4.69) is 10.2 Å². The van der Waals surface area contributed by atoms with E-state index in [1.807, 2.05) is 19.2 Å². The van der Waals surface area contributed by atoms with Gasteiger partial charge >= 0.3 is 0 Å². The van der Waals surface area contributed by atoms with Crippen LogP contribution in [0.2, 0.25) is 0 Å². The highest BCUT2D eigenvalue weighted by atomic mass is 19.1. The summed E-state index contributed by atoms with van der Waals surface area (Å²) in [6.45, 7) is 0.653. The molecule has 4 rings (SSSR count). The quantitative estimate of drug-likeness (QED) is 0.638. The maximum absolute atomic E-state index is 13.4. The Bertz CT molecular complexity index is 999. The van der Waals surface area contributed by atoms with E-state index in [1.54, 1.807) is 23.1 Å². The number of rotatable bonds is 7. The van der Waals surface area contributed by atoms with E-state index < -0.39 is 0 Å². The molecule has 0 bridgehead atoms. The van der Waals surface area contributed by atoms with Crippen molar-refractivity contribution < 1.29 is 13.6 Å². The van der Waals surface area contributed by atoms with Gasteiger partial charge in [0.2, 0.25) is 5.91 Å². The minimum atomic E-state index is -0.286. The van der Waals surface area contributed by atoms with Gasteiger partial charge in [-0.15, -0.1) is 0 Å². The Morgan fingerprint density at radius 1 is 1.14 bits per heavy atom. The van der Waals surface area contributed by atoms with E-state index in [0.717, 1.165) is 36.1 Å². The summed E-state index contributed by atoms with van der Waals surface area (Å²) >= 11 is 0. The summed E-state index contributed by atoms with van der Waals surface area (Å²) in [5.74, 6) is -0.200. The van der Waals surface area contributed by atoms with Crippen LogP contribution in [0.4, 0.5) is 8.78 Å². The Hall–Kier alpha value is -3.02. The fourth-order valence-corrected chi connectivity index (χ4v) is 3.73. The average molecular weight is 395 g/mol. The standard InChI is InChI=1S/C23H23F2N3O/c1-28(23(29)21-14-20(21)15-7-9-17(24)10-8-15)11-3-6-19-13-22(27-26-19)16-4-2-5-18(25)12-16/h2,4-5,7-10,12-13,20-21H,3,6,11,14H2,1H3,(H,26,27). The molecule has 3 aromatic rings. The zero-order chi connectivity index (χ0) is 20.4. The third-order valence-electron chi connectivity index (χ3n) is 5.47. The first-order valence-corrected chi connectivity index (χ1v) is 9.82. The molecule has 0 spiro atoms. The van der Waals surface area contributed by atoms with Gasteiger partial charge in [0.25, 0.3) is 0 Å². The van der Waals surface area contributed by atoms with Crippen molar-refractivity contribution in [3.63, 3.8) is 0 Å². The highest BCUT2D eigenvalue weighted by Crippen LogP contribution is 2.48. The van der Waals surface area contributed by atoms with Gasteiger partial charge < -0.3 is 4.90 Å². The van der Waals surface area contributed by atoms with Crippen LogP contribution in [0.25, 0.3) is 11.3 Å². The van der Waals surface area contributed by atoms with Crippen LogP contribution in [-0.2, 0) is 11.2 Å². The smallest absolute Gasteiger partial charge is 0.226 e. The number of amides is 1. The number of aromatic amines is 1. The van der Waals surface area contributed by atoms with Crippen molar-refractivity contribution in [2.75, 3.05) is 13.6 Å². The van der Waals surface area contributed by atoms with Crippen LogP contribution in [0.3, 0.4) is 0 Å². The zero-order valence-corrected chi connectivity index (χ0v) is 16.2. The lowest BCUT2D eigenvalue weighted by Crippen LogP contribution is -2.29. The molecule has 2 atom stereocenters. The Kier molecular flexibility index (Phi) is 5.43. The van der Waals surface area contributed by atoms with Crippen molar-refractivity contribution >= 4 is 5.91 Å². The topological polar surface area (TPSA) is 49.0 Å². The molecular formula is C23H23F2N3O. The van der Waals surface area contributed by atoms with Crippen LogP contribution in [0, 0.1) is 17.6 Å². The summed E-state index contributed by atoms with van der Waals surface area (Å²) in [5.41, 5.74) is 3.44. The van der Waals surface area contributed by atoms with E-state index in [0.29, 0.717) is 12.2 Å². The largest absolute Gasteiger partial charge is 0.345 e. The number of halogens is 2. The van der Waals surface area contributed by atoms with Crippen molar-refractivity contribution in [3.05, 3.63) is 77.5 Å². The van der Waals surface area contributed by atoms with Crippen LogP contribution >= 0.6 is 0 Å². The molecule has 1 aromatic heterocycles. The van der Waals surface area contributed by atoms with Gasteiger partial charge in [0.05, 0.1) is 5.69 Å². The molecule has 1 aliphatic carbocycles. The SMILES string of the molecule is CN(CCCc1cc(-c2cccc(F)c2)n[nH]1)C(=O)C1CC1c1ccc(F)cc1. The first-order chi connectivity index (χ1) is 14.0. The van der Waals surface area contributed by atoms with Gasteiger partial charge in [0.1, 0.15) is 11.6 Å². The Balaban J connectivity index is 1.26. The van der Waals surface area contributed by atoms with Crippen molar-refractivity contribution in [2.24, 2.45) is 5.92 Å². The highest BCUT2D eigenvalue weighted by Gasteiger charge is 2.44. The zero-order valence-electron chi connectivity index (χ0n) is 16.2. The van der Waals surface area contributed by atoms with E-state index in [-0.39, 0.29) is 29.4 Å². The van der Waals surface area contributed by atoms with Crippen molar-refractivity contribution in [3.8, 4) is 11.3 Å². The molecule has 1 amide bonds. The summed E-state index contributed by atoms with van der Waals surface area (Å²) in [6.07, 6.45) is 2.39. The van der Waals surface area contributed by atoms with E-state index in [9.17, 15) is 13.6 Å². The molecular weight excluding hydrogens is 372 g/mol. The number of hydrogen-bond acceptors (Lipinski definition) is 2. The highest BCUT2D eigenvalue weighted by molar-refractivity contribution is 5.82. The van der Waals surface area contributed by atoms with Gasteiger partial charge in [-0.2, -0.15) is 5.10 Å². The third kappa shape index (κ3) is 4.53. The number of aryl methyl sites for hydroxylation is 1. The summed E-state index contributed by atoms with van der Waals surface area (Å²) in [4.78, 5) is 14.4. The Labute approximate surface area is 168 Å². The second kappa shape index (κ2) is 8.15. The lowest BCUT2D eigenvalue weighted by Gasteiger charge is -2.17. The fraction of sp³-hybridized carbons (Fsp3) is 0.304. The van der Waals surface area contributed by atoms with E-state index >= 15 is 0 Å². The molecule has 1 heterocycles. The molecule has 6 heteroatoms. The Morgan fingerprint density at radius 3 is 2.69 bits per heavy atom. The van der Waals surface area contributed by atoms with Crippen LogP contribution < -0.4 is 0 Å². The number of carbonyl (C=O) groups is 1. The molecule has 0 saturated heterocycles. The molecule has 0 radical (unpaired) electrons. The minimum absolute atomic E-state index is 0.00260. The lowest BCUT2D eigenvalue weighted by atomic mass is 10.1. The molecule has 2 unspecified atom stereocenters. The van der Waals surface area contributed by atoms with Crippen molar-refractivity contribution in [1.82, 2.24) is 15.1 Å². The third-order valence-corrected chi connectivity index (χ3v) is 5.47. The number of aromatic nitrogens is 2. The van der Waals surface area contributed by atoms with Crippen molar-refractivity contribution in [2.45, 2.75) is 25.2 Å². The molecule has 150 valence electrons. The maximum atomic E-state index is 13.4. The Morgan fingerprint density at radius 2 is 1.93 bits per heavy atom. The molecule has 1 saturated carbocycles. The second-order valence-corrected chi connectivity index (χ2v) is 7.65. The lowest BCUT2D eigenvalue weighted by molar-refractivity contribution is -0.131. The molecule has 29 heavy (non-hydrogen) atoms. The number of benzene rings is 2. The molecule has 0 aliphatic heterocycles. The van der Waals surface area contributed by atoms with Crippen molar-refractivity contribution in [1.29, 1.82) is 0 Å². The number of nitrogens with zero attached hydrogens (tertiary/aromatic N) is 2. The van der Waals surface area contributed by atoms with E-state index in [4.69, 9.17) is 0 Å².